The lowest BCUT2D eigenvalue weighted by Crippen LogP contribution is -2.22. The number of benzene rings is 2. The van der Waals surface area contributed by atoms with E-state index in [2.05, 4.69) is 29.1 Å². The van der Waals surface area contributed by atoms with Gasteiger partial charge >= 0.3 is 0 Å². The van der Waals surface area contributed by atoms with E-state index in [-0.39, 0.29) is 11.5 Å². The lowest BCUT2D eigenvalue weighted by Gasteiger charge is -2.09. The van der Waals surface area contributed by atoms with E-state index in [0.29, 0.717) is 35.3 Å². The highest BCUT2D eigenvalue weighted by molar-refractivity contribution is 7.98. The maximum absolute atomic E-state index is 12.6. The summed E-state index contributed by atoms with van der Waals surface area (Å²) in [5.41, 5.74) is 2.89. The molecule has 1 amide bonds. The van der Waals surface area contributed by atoms with Crippen molar-refractivity contribution in [3.05, 3.63) is 88.1 Å². The van der Waals surface area contributed by atoms with Crippen LogP contribution in [0.1, 0.15) is 35.5 Å². The first-order valence-electron chi connectivity index (χ1n) is 10.4. The molecule has 7 nitrogen and oxygen atoms in total. The largest absolute Gasteiger partial charge is 0.322 e. The first-order valence-corrected chi connectivity index (χ1v) is 11.4. The van der Waals surface area contributed by atoms with Crippen molar-refractivity contribution < 1.29 is 4.79 Å². The molecule has 2 aromatic carbocycles. The number of nitrogens with one attached hydrogen (secondary N) is 1. The Labute approximate surface area is 190 Å². The van der Waals surface area contributed by atoms with Crippen molar-refractivity contribution in [3.8, 4) is 0 Å². The van der Waals surface area contributed by atoms with Crippen LogP contribution in [0.2, 0.25) is 0 Å². The zero-order chi connectivity index (χ0) is 22.7. The fourth-order valence-corrected chi connectivity index (χ4v) is 4.19. The Bertz CT molecular complexity index is 1310. The molecule has 2 heterocycles. The van der Waals surface area contributed by atoms with Crippen molar-refractivity contribution in [2.45, 2.75) is 38.0 Å². The maximum Gasteiger partial charge on any atom is 0.274 e. The second-order valence-electron chi connectivity index (χ2n) is 8.04. The Balaban J connectivity index is 1.41. The molecule has 4 aromatic rings. The third kappa shape index (κ3) is 4.91. The average molecular weight is 448 g/mol. The molecule has 0 bridgehead atoms. The summed E-state index contributed by atoms with van der Waals surface area (Å²) in [6.45, 7) is 6.81. The molecule has 0 unspecified atom stereocenters. The summed E-state index contributed by atoms with van der Waals surface area (Å²) in [6.07, 6.45) is 1.66. The van der Waals surface area contributed by atoms with Crippen LogP contribution in [0.15, 0.2) is 70.6 Å². The van der Waals surface area contributed by atoms with E-state index in [1.54, 1.807) is 28.8 Å². The number of carbonyl (C=O) groups is 1. The SMILES string of the molecule is Cc1ccccc1C(=O)Nc1ccc(SCc2cc(=O)n3c(ncn3CC(C)C)n2)cc1. The number of nitrogens with zero attached hydrogens (tertiary/aromatic N) is 4. The van der Waals surface area contributed by atoms with Crippen molar-refractivity contribution in [1.29, 1.82) is 0 Å². The molecular formula is C24H25N5O2S. The van der Waals surface area contributed by atoms with Crippen LogP contribution in [0.25, 0.3) is 5.78 Å². The zero-order valence-corrected chi connectivity index (χ0v) is 19.1. The predicted octanol–water partition coefficient (Wildman–Crippen LogP) is 4.40. The Hall–Kier alpha value is -3.39. The summed E-state index contributed by atoms with van der Waals surface area (Å²) >= 11 is 1.58. The molecule has 0 spiro atoms. The van der Waals surface area contributed by atoms with Gasteiger partial charge in [-0.25, -0.2) is 4.98 Å². The van der Waals surface area contributed by atoms with Crippen LogP contribution in [-0.4, -0.2) is 25.1 Å². The summed E-state index contributed by atoms with van der Waals surface area (Å²) in [6, 6.07) is 16.7. The van der Waals surface area contributed by atoms with E-state index >= 15 is 0 Å². The van der Waals surface area contributed by atoms with Gasteiger partial charge in [0.15, 0.2) is 0 Å². The number of hydrogen-bond donors (Lipinski definition) is 1. The molecule has 0 aliphatic carbocycles. The van der Waals surface area contributed by atoms with Crippen molar-refractivity contribution in [1.82, 2.24) is 19.2 Å². The lowest BCUT2D eigenvalue weighted by molar-refractivity contribution is 0.102. The van der Waals surface area contributed by atoms with Crippen molar-refractivity contribution in [3.63, 3.8) is 0 Å². The topological polar surface area (TPSA) is 81.3 Å². The maximum atomic E-state index is 12.6. The number of carbonyl (C=O) groups excluding carboxylic acids is 1. The second kappa shape index (κ2) is 9.40. The van der Waals surface area contributed by atoms with Gasteiger partial charge in [-0.2, -0.15) is 9.50 Å². The molecule has 0 saturated heterocycles. The molecule has 0 aliphatic rings. The highest BCUT2D eigenvalue weighted by Crippen LogP contribution is 2.24. The first kappa shape index (κ1) is 21.8. The number of rotatable bonds is 7. The number of fused-ring (bicyclic) bond motifs is 1. The van der Waals surface area contributed by atoms with Crippen molar-refractivity contribution >= 4 is 29.1 Å². The number of hydrogen-bond acceptors (Lipinski definition) is 5. The standard InChI is InChI=1S/C24H25N5O2S/c1-16(2)13-28-15-25-24-27-19(12-22(30)29(24)28)14-32-20-10-8-18(9-11-20)26-23(31)21-7-5-4-6-17(21)3/h4-12,15-16H,13-14H2,1-3H3,(H,26,31). The highest BCUT2D eigenvalue weighted by atomic mass is 32.2. The Morgan fingerprint density at radius 1 is 1.12 bits per heavy atom. The van der Waals surface area contributed by atoms with Crippen molar-refractivity contribution in [2.75, 3.05) is 5.32 Å². The Kier molecular flexibility index (Phi) is 6.41. The van der Waals surface area contributed by atoms with Crippen LogP contribution in [0.3, 0.4) is 0 Å². The van der Waals surface area contributed by atoms with Crippen LogP contribution in [0.4, 0.5) is 5.69 Å². The first-order chi connectivity index (χ1) is 15.4. The number of anilines is 1. The van der Waals surface area contributed by atoms with E-state index in [1.165, 1.54) is 4.52 Å². The molecule has 0 saturated carbocycles. The minimum absolute atomic E-state index is 0.126. The van der Waals surface area contributed by atoms with Crippen LogP contribution >= 0.6 is 11.8 Å². The normalized spacial score (nSPS) is 11.2. The summed E-state index contributed by atoms with van der Waals surface area (Å²) in [5, 5.41) is 2.93. The van der Waals surface area contributed by atoms with Crippen LogP contribution in [0.5, 0.6) is 0 Å². The molecule has 0 fully saturated rings. The van der Waals surface area contributed by atoms with Gasteiger partial charge < -0.3 is 5.32 Å². The van der Waals surface area contributed by atoms with Gasteiger partial charge in [-0.05, 0) is 48.7 Å². The molecule has 1 N–H and O–H groups in total. The van der Waals surface area contributed by atoms with Crippen LogP contribution in [0, 0.1) is 12.8 Å². The molecule has 4 rings (SSSR count). The summed E-state index contributed by atoms with van der Waals surface area (Å²) < 4.78 is 3.32. The lowest BCUT2D eigenvalue weighted by atomic mass is 10.1. The van der Waals surface area contributed by atoms with E-state index in [0.717, 1.165) is 16.1 Å². The summed E-state index contributed by atoms with van der Waals surface area (Å²) in [4.78, 5) is 34.9. The summed E-state index contributed by atoms with van der Waals surface area (Å²) in [7, 11) is 0. The number of aromatic nitrogens is 4. The average Bonchev–Trinajstić information content (AvgIpc) is 3.16. The molecule has 2 aromatic heterocycles. The smallest absolute Gasteiger partial charge is 0.274 e. The Morgan fingerprint density at radius 2 is 1.88 bits per heavy atom. The third-order valence-corrected chi connectivity index (χ3v) is 5.98. The third-order valence-electron chi connectivity index (χ3n) is 4.94. The molecule has 0 radical (unpaired) electrons. The van der Waals surface area contributed by atoms with Gasteiger partial charge in [-0.3, -0.25) is 14.3 Å². The second-order valence-corrected chi connectivity index (χ2v) is 9.09. The Morgan fingerprint density at radius 3 is 2.59 bits per heavy atom. The van der Waals surface area contributed by atoms with Gasteiger partial charge in [0, 0.05) is 34.5 Å². The zero-order valence-electron chi connectivity index (χ0n) is 18.3. The summed E-state index contributed by atoms with van der Waals surface area (Å²) in [5.74, 6) is 1.25. The van der Waals surface area contributed by atoms with Gasteiger partial charge in [0.2, 0.25) is 0 Å². The molecule has 0 atom stereocenters. The fourth-order valence-electron chi connectivity index (χ4n) is 3.40. The minimum Gasteiger partial charge on any atom is -0.322 e. The van der Waals surface area contributed by atoms with Crippen LogP contribution in [-0.2, 0) is 12.3 Å². The number of aryl methyl sites for hydroxylation is 1. The van der Waals surface area contributed by atoms with Gasteiger partial charge in [-0.1, -0.05) is 32.0 Å². The molecule has 0 aliphatic heterocycles. The van der Waals surface area contributed by atoms with Crippen molar-refractivity contribution in [2.24, 2.45) is 5.92 Å². The van der Waals surface area contributed by atoms with Gasteiger partial charge in [0.05, 0.1) is 5.69 Å². The quantitative estimate of drug-likeness (QED) is 0.425. The van der Waals surface area contributed by atoms with E-state index in [1.807, 2.05) is 55.5 Å². The molecule has 8 heteroatoms. The van der Waals surface area contributed by atoms with E-state index in [4.69, 9.17) is 0 Å². The van der Waals surface area contributed by atoms with Gasteiger partial charge in [-0.15, -0.1) is 11.8 Å². The number of thioether (sulfide) groups is 1. The van der Waals surface area contributed by atoms with Crippen LogP contribution < -0.4 is 10.9 Å². The minimum atomic E-state index is -0.127. The highest BCUT2D eigenvalue weighted by Gasteiger charge is 2.11. The number of amides is 1. The molecular weight excluding hydrogens is 422 g/mol. The van der Waals surface area contributed by atoms with E-state index in [9.17, 15) is 9.59 Å². The monoisotopic (exact) mass is 447 g/mol. The molecule has 164 valence electrons. The van der Waals surface area contributed by atoms with Gasteiger partial charge in [0.25, 0.3) is 17.2 Å². The molecule has 32 heavy (non-hydrogen) atoms. The van der Waals surface area contributed by atoms with E-state index < -0.39 is 0 Å². The van der Waals surface area contributed by atoms with Gasteiger partial charge in [0.1, 0.15) is 6.33 Å². The predicted molar refractivity (Wildman–Crippen MR) is 127 cm³/mol. The fraction of sp³-hybridized carbons (Fsp3) is 0.250.